The van der Waals surface area contributed by atoms with Crippen molar-refractivity contribution in [1.29, 1.82) is 0 Å². The molecule has 0 aliphatic carbocycles. The second-order valence-electron chi connectivity index (χ2n) is 6.62. The van der Waals surface area contributed by atoms with Gasteiger partial charge in [0.25, 0.3) is 0 Å². The Kier molecular flexibility index (Phi) is 7.07. The lowest BCUT2D eigenvalue weighted by Crippen LogP contribution is -2.42. The maximum atomic E-state index is 11.9. The zero-order valence-electron chi connectivity index (χ0n) is 14.8. The summed E-state index contributed by atoms with van der Waals surface area (Å²) >= 11 is 0. The molecule has 0 aliphatic heterocycles. The zero-order chi connectivity index (χ0) is 17.5. The fourth-order valence-corrected chi connectivity index (χ4v) is 2.31. The van der Waals surface area contributed by atoms with Crippen LogP contribution in [0.3, 0.4) is 0 Å². The third-order valence-corrected chi connectivity index (χ3v) is 3.41. The molecule has 1 rings (SSSR count). The van der Waals surface area contributed by atoms with Crippen molar-refractivity contribution in [1.82, 2.24) is 10.2 Å². The summed E-state index contributed by atoms with van der Waals surface area (Å²) in [5.74, 6) is 0.756. The Morgan fingerprint density at radius 2 is 1.83 bits per heavy atom. The highest BCUT2D eigenvalue weighted by molar-refractivity contribution is 5.78. The second-order valence-corrected chi connectivity index (χ2v) is 6.62. The molecule has 0 fully saturated rings. The van der Waals surface area contributed by atoms with Gasteiger partial charge in [-0.2, -0.15) is 0 Å². The van der Waals surface area contributed by atoms with Crippen molar-refractivity contribution in [3.63, 3.8) is 0 Å². The van der Waals surface area contributed by atoms with E-state index in [0.29, 0.717) is 25.9 Å². The molecule has 0 heterocycles. The summed E-state index contributed by atoms with van der Waals surface area (Å²) in [5, 5.41) is 2.91. The number of benzene rings is 1. The van der Waals surface area contributed by atoms with E-state index in [9.17, 15) is 9.59 Å². The Bertz CT molecular complexity index is 535. The van der Waals surface area contributed by atoms with E-state index in [-0.39, 0.29) is 17.4 Å². The van der Waals surface area contributed by atoms with E-state index >= 15 is 0 Å². The number of carbonyl (C=O) groups excluding carboxylic acids is 2. The fraction of sp³-hybridized carbons (Fsp3) is 0.556. The summed E-state index contributed by atoms with van der Waals surface area (Å²) in [7, 11) is 1.64. The van der Waals surface area contributed by atoms with Gasteiger partial charge in [-0.05, 0) is 38.8 Å². The van der Waals surface area contributed by atoms with E-state index in [1.54, 1.807) is 12.0 Å². The van der Waals surface area contributed by atoms with E-state index in [2.05, 4.69) is 5.32 Å². The van der Waals surface area contributed by atoms with E-state index in [4.69, 9.17) is 4.74 Å². The molecule has 0 saturated carbocycles. The molecule has 0 aromatic heterocycles. The van der Waals surface area contributed by atoms with Crippen molar-refractivity contribution in [2.24, 2.45) is 0 Å². The van der Waals surface area contributed by atoms with Crippen LogP contribution < -0.4 is 10.1 Å². The first-order valence-corrected chi connectivity index (χ1v) is 7.91. The number of para-hydroxylation sites is 1. The van der Waals surface area contributed by atoms with Crippen LogP contribution in [0.4, 0.5) is 0 Å². The lowest BCUT2D eigenvalue weighted by atomic mass is 10.1. The van der Waals surface area contributed by atoms with Gasteiger partial charge in [0.2, 0.25) is 11.8 Å². The molecule has 128 valence electrons. The van der Waals surface area contributed by atoms with Crippen molar-refractivity contribution in [2.45, 2.75) is 46.1 Å². The first-order valence-electron chi connectivity index (χ1n) is 7.91. The molecule has 23 heavy (non-hydrogen) atoms. The van der Waals surface area contributed by atoms with Gasteiger partial charge in [0, 0.05) is 32.0 Å². The van der Waals surface area contributed by atoms with Gasteiger partial charge in [-0.1, -0.05) is 18.2 Å². The number of ether oxygens (including phenoxy) is 1. The van der Waals surface area contributed by atoms with Crippen LogP contribution in [0.5, 0.6) is 5.75 Å². The summed E-state index contributed by atoms with van der Waals surface area (Å²) in [6, 6.07) is 7.77. The normalized spacial score (nSPS) is 11.0. The minimum Gasteiger partial charge on any atom is -0.496 e. The van der Waals surface area contributed by atoms with Crippen molar-refractivity contribution in [3.8, 4) is 5.75 Å². The van der Waals surface area contributed by atoms with Crippen molar-refractivity contribution < 1.29 is 14.3 Å². The van der Waals surface area contributed by atoms with Gasteiger partial charge in [0.1, 0.15) is 5.75 Å². The lowest BCUT2D eigenvalue weighted by molar-refractivity contribution is -0.129. The average Bonchev–Trinajstić information content (AvgIpc) is 2.45. The molecule has 2 amide bonds. The summed E-state index contributed by atoms with van der Waals surface area (Å²) in [4.78, 5) is 25.4. The Labute approximate surface area is 139 Å². The first-order chi connectivity index (χ1) is 10.7. The zero-order valence-corrected chi connectivity index (χ0v) is 14.8. The van der Waals surface area contributed by atoms with Gasteiger partial charge < -0.3 is 15.0 Å². The molecule has 0 spiro atoms. The van der Waals surface area contributed by atoms with E-state index in [1.807, 2.05) is 45.0 Å². The molecule has 1 N–H and O–H groups in total. The third-order valence-electron chi connectivity index (χ3n) is 3.41. The van der Waals surface area contributed by atoms with Crippen LogP contribution in [0.1, 0.15) is 39.7 Å². The molecule has 0 bridgehead atoms. The molecule has 0 atom stereocenters. The molecule has 0 aliphatic rings. The largest absolute Gasteiger partial charge is 0.496 e. The minimum atomic E-state index is -0.254. The number of nitrogens with zero attached hydrogens (tertiary/aromatic N) is 1. The van der Waals surface area contributed by atoms with Gasteiger partial charge in [0.15, 0.2) is 0 Å². The average molecular weight is 320 g/mol. The smallest absolute Gasteiger partial charge is 0.222 e. The van der Waals surface area contributed by atoms with Gasteiger partial charge in [-0.15, -0.1) is 0 Å². The topological polar surface area (TPSA) is 58.6 Å². The van der Waals surface area contributed by atoms with Gasteiger partial charge >= 0.3 is 0 Å². The first kappa shape index (κ1) is 19.0. The van der Waals surface area contributed by atoms with Crippen LogP contribution in [0.2, 0.25) is 0 Å². The highest BCUT2D eigenvalue weighted by atomic mass is 16.5. The standard InChI is InChI=1S/C18H28N2O3/c1-14(21)20(13-11-17(22)19-18(2,3)4)12-10-15-8-6-7-9-16(15)23-5/h6-9H,10-13H2,1-5H3,(H,19,22). The molecule has 0 radical (unpaired) electrons. The summed E-state index contributed by atoms with van der Waals surface area (Å²) in [6.07, 6.45) is 1.01. The Morgan fingerprint density at radius 1 is 1.17 bits per heavy atom. The maximum Gasteiger partial charge on any atom is 0.222 e. The van der Waals surface area contributed by atoms with E-state index < -0.39 is 0 Å². The number of amides is 2. The number of rotatable bonds is 7. The highest BCUT2D eigenvalue weighted by Gasteiger charge is 2.16. The molecule has 0 saturated heterocycles. The van der Waals surface area contributed by atoms with Crippen LogP contribution in [-0.4, -0.2) is 42.5 Å². The van der Waals surface area contributed by atoms with E-state index in [0.717, 1.165) is 11.3 Å². The number of hydrogen-bond acceptors (Lipinski definition) is 3. The number of hydrogen-bond donors (Lipinski definition) is 1. The lowest BCUT2D eigenvalue weighted by Gasteiger charge is -2.24. The van der Waals surface area contributed by atoms with Crippen LogP contribution in [0, 0.1) is 0 Å². The molecule has 0 unspecified atom stereocenters. The van der Waals surface area contributed by atoms with Crippen molar-refractivity contribution in [2.75, 3.05) is 20.2 Å². The van der Waals surface area contributed by atoms with Crippen molar-refractivity contribution >= 4 is 11.8 Å². The Morgan fingerprint density at radius 3 is 2.39 bits per heavy atom. The number of carbonyl (C=O) groups is 2. The van der Waals surface area contributed by atoms with Crippen LogP contribution in [0.15, 0.2) is 24.3 Å². The Balaban J connectivity index is 2.56. The molecule has 1 aromatic carbocycles. The van der Waals surface area contributed by atoms with Gasteiger partial charge in [-0.3, -0.25) is 9.59 Å². The Hall–Kier alpha value is -2.04. The fourth-order valence-electron chi connectivity index (χ4n) is 2.31. The number of nitrogens with one attached hydrogen (secondary N) is 1. The molecular weight excluding hydrogens is 292 g/mol. The monoisotopic (exact) mass is 320 g/mol. The predicted molar refractivity (Wildman–Crippen MR) is 91.5 cm³/mol. The summed E-state index contributed by atoms with van der Waals surface area (Å²) in [5.41, 5.74) is 0.801. The molecule has 5 heteroatoms. The third kappa shape index (κ3) is 7.17. The summed E-state index contributed by atoms with van der Waals surface area (Å²) in [6.45, 7) is 8.34. The minimum absolute atomic E-state index is 0.0246. The molecule has 1 aromatic rings. The predicted octanol–water partition coefficient (Wildman–Crippen LogP) is 2.39. The van der Waals surface area contributed by atoms with Crippen LogP contribution in [-0.2, 0) is 16.0 Å². The van der Waals surface area contributed by atoms with E-state index in [1.165, 1.54) is 6.92 Å². The van der Waals surface area contributed by atoms with Crippen LogP contribution >= 0.6 is 0 Å². The summed E-state index contributed by atoms with van der Waals surface area (Å²) < 4.78 is 5.32. The second kappa shape index (κ2) is 8.56. The molecular formula is C18H28N2O3. The highest BCUT2D eigenvalue weighted by Crippen LogP contribution is 2.18. The SMILES string of the molecule is COc1ccccc1CCN(CCC(=O)NC(C)(C)C)C(C)=O. The van der Waals surface area contributed by atoms with Crippen molar-refractivity contribution in [3.05, 3.63) is 29.8 Å². The van der Waals surface area contributed by atoms with Gasteiger partial charge in [-0.25, -0.2) is 0 Å². The quantitative estimate of drug-likeness (QED) is 0.839. The maximum absolute atomic E-state index is 11.9. The van der Waals surface area contributed by atoms with Crippen LogP contribution in [0.25, 0.3) is 0 Å². The van der Waals surface area contributed by atoms with Gasteiger partial charge in [0.05, 0.1) is 7.11 Å². The number of methoxy groups -OCH3 is 1. The molecule has 5 nitrogen and oxygen atoms in total.